The predicted octanol–water partition coefficient (Wildman–Crippen LogP) is 2.98. The van der Waals surface area contributed by atoms with Crippen molar-refractivity contribution in [1.82, 2.24) is 4.98 Å². The number of aromatic nitrogens is 1. The number of fused-ring (bicyclic) bond motifs is 1. The summed E-state index contributed by atoms with van der Waals surface area (Å²) in [6.45, 7) is 0. The van der Waals surface area contributed by atoms with Crippen molar-refractivity contribution < 1.29 is 9.53 Å². The van der Waals surface area contributed by atoms with Crippen molar-refractivity contribution in [1.29, 1.82) is 0 Å². The van der Waals surface area contributed by atoms with E-state index in [1.54, 1.807) is 12.1 Å². The van der Waals surface area contributed by atoms with Gasteiger partial charge >= 0.3 is 5.97 Å². The number of methoxy groups -OCH3 is 1. The Morgan fingerprint density at radius 1 is 1.00 bits per heavy atom. The van der Waals surface area contributed by atoms with E-state index in [-0.39, 0.29) is 11.0 Å². The lowest BCUT2D eigenvalue weighted by Gasteiger charge is -2.10. The summed E-state index contributed by atoms with van der Waals surface area (Å²) in [4.78, 5) is 27.8. The highest BCUT2D eigenvalue weighted by molar-refractivity contribution is 6.00. The van der Waals surface area contributed by atoms with Crippen LogP contribution in [0.25, 0.3) is 22.2 Å². The minimum atomic E-state index is -0.638. The van der Waals surface area contributed by atoms with Crippen LogP contribution in [0.15, 0.2) is 59.4 Å². The number of rotatable bonds is 2. The molecule has 0 amide bonds. The molecule has 21 heavy (non-hydrogen) atoms. The number of pyridine rings is 1. The Bertz CT molecular complexity index is 866. The van der Waals surface area contributed by atoms with E-state index in [0.29, 0.717) is 16.6 Å². The molecule has 0 radical (unpaired) electrons. The zero-order chi connectivity index (χ0) is 14.8. The van der Waals surface area contributed by atoms with Gasteiger partial charge in [0.2, 0.25) is 5.43 Å². The van der Waals surface area contributed by atoms with Crippen molar-refractivity contribution in [2.75, 3.05) is 7.11 Å². The molecule has 2 aromatic carbocycles. The minimum absolute atomic E-state index is 0.0300. The normalized spacial score (nSPS) is 10.5. The standard InChI is InChI=1S/C17H13NO3/c1-21-17(20)14-15(11-7-3-2-4-8-11)18-13-10-6-5-9-12(13)16(14)19/h2-10H,1H3,(H,18,19). The maximum atomic E-state index is 12.6. The van der Waals surface area contributed by atoms with Gasteiger partial charge in [-0.1, -0.05) is 42.5 Å². The second-order valence-corrected chi connectivity index (χ2v) is 4.61. The van der Waals surface area contributed by atoms with Crippen LogP contribution in [0.3, 0.4) is 0 Å². The number of carbonyl (C=O) groups is 1. The average Bonchev–Trinajstić information content (AvgIpc) is 2.55. The molecule has 0 aliphatic heterocycles. The van der Waals surface area contributed by atoms with Crippen molar-refractivity contribution in [2.24, 2.45) is 0 Å². The fourth-order valence-electron chi connectivity index (χ4n) is 2.35. The Balaban J connectivity index is 2.42. The third kappa shape index (κ3) is 2.21. The zero-order valence-corrected chi connectivity index (χ0v) is 11.4. The van der Waals surface area contributed by atoms with Gasteiger partial charge in [-0.25, -0.2) is 4.79 Å². The summed E-state index contributed by atoms with van der Waals surface area (Å²) in [6.07, 6.45) is 0. The number of nitrogens with one attached hydrogen (secondary N) is 1. The van der Waals surface area contributed by atoms with Crippen LogP contribution in [0.5, 0.6) is 0 Å². The Labute approximate surface area is 121 Å². The molecule has 4 heteroatoms. The summed E-state index contributed by atoms with van der Waals surface area (Å²) < 4.78 is 4.77. The Morgan fingerprint density at radius 3 is 2.38 bits per heavy atom. The molecule has 1 heterocycles. The van der Waals surface area contributed by atoms with Gasteiger partial charge in [0.15, 0.2) is 0 Å². The van der Waals surface area contributed by atoms with Crippen molar-refractivity contribution >= 4 is 16.9 Å². The van der Waals surface area contributed by atoms with E-state index in [9.17, 15) is 9.59 Å². The topological polar surface area (TPSA) is 59.2 Å². The second kappa shape index (κ2) is 5.25. The number of ether oxygens (including phenoxy) is 1. The molecular formula is C17H13NO3. The lowest BCUT2D eigenvalue weighted by molar-refractivity contribution is 0.0600. The highest BCUT2D eigenvalue weighted by atomic mass is 16.5. The van der Waals surface area contributed by atoms with Gasteiger partial charge in [0.05, 0.1) is 12.8 Å². The second-order valence-electron chi connectivity index (χ2n) is 4.61. The Hall–Kier alpha value is -2.88. The Kier molecular flexibility index (Phi) is 3.28. The molecule has 0 atom stereocenters. The molecule has 3 rings (SSSR count). The van der Waals surface area contributed by atoms with Crippen molar-refractivity contribution in [3.8, 4) is 11.3 Å². The average molecular weight is 279 g/mol. The number of H-pyrrole nitrogens is 1. The molecule has 3 aromatic rings. The summed E-state index contributed by atoms with van der Waals surface area (Å²) in [7, 11) is 1.27. The third-order valence-electron chi connectivity index (χ3n) is 3.36. The molecule has 0 saturated carbocycles. The number of hydrogen-bond acceptors (Lipinski definition) is 3. The van der Waals surface area contributed by atoms with Crippen LogP contribution in [0.4, 0.5) is 0 Å². The van der Waals surface area contributed by atoms with E-state index in [4.69, 9.17) is 4.74 Å². The quantitative estimate of drug-likeness (QED) is 0.734. The van der Waals surface area contributed by atoms with Crippen molar-refractivity contribution in [2.45, 2.75) is 0 Å². The van der Waals surface area contributed by atoms with E-state index in [1.165, 1.54) is 7.11 Å². The maximum absolute atomic E-state index is 12.6. The van der Waals surface area contributed by atoms with Crippen LogP contribution in [-0.2, 0) is 4.74 Å². The molecule has 104 valence electrons. The monoisotopic (exact) mass is 279 g/mol. The number of benzene rings is 2. The predicted molar refractivity (Wildman–Crippen MR) is 81.3 cm³/mol. The van der Waals surface area contributed by atoms with Crippen molar-refractivity contribution in [3.63, 3.8) is 0 Å². The van der Waals surface area contributed by atoms with Gasteiger partial charge in [-0.05, 0) is 17.7 Å². The fraction of sp³-hybridized carbons (Fsp3) is 0.0588. The molecule has 4 nitrogen and oxygen atoms in total. The molecule has 0 unspecified atom stereocenters. The molecule has 1 N–H and O–H groups in total. The molecule has 0 fully saturated rings. The summed E-state index contributed by atoms with van der Waals surface area (Å²) in [6, 6.07) is 16.4. The van der Waals surface area contributed by atoms with E-state index in [0.717, 1.165) is 5.56 Å². The van der Waals surface area contributed by atoms with Crippen LogP contribution < -0.4 is 5.43 Å². The summed E-state index contributed by atoms with van der Waals surface area (Å²) in [5.74, 6) is -0.638. The zero-order valence-electron chi connectivity index (χ0n) is 11.4. The largest absolute Gasteiger partial charge is 0.465 e. The van der Waals surface area contributed by atoms with E-state index in [2.05, 4.69) is 4.98 Å². The highest BCUT2D eigenvalue weighted by Crippen LogP contribution is 2.22. The van der Waals surface area contributed by atoms with E-state index < -0.39 is 5.97 Å². The molecule has 1 aromatic heterocycles. The molecule has 0 aliphatic carbocycles. The first-order valence-electron chi connectivity index (χ1n) is 6.51. The van der Waals surface area contributed by atoms with Crippen LogP contribution in [0.2, 0.25) is 0 Å². The first-order valence-corrected chi connectivity index (χ1v) is 6.51. The number of hydrogen-bond donors (Lipinski definition) is 1. The lowest BCUT2D eigenvalue weighted by atomic mass is 10.0. The number of esters is 1. The molecule has 0 saturated heterocycles. The molecule has 0 aliphatic rings. The van der Waals surface area contributed by atoms with E-state index >= 15 is 0 Å². The maximum Gasteiger partial charge on any atom is 0.344 e. The van der Waals surface area contributed by atoms with Gasteiger partial charge in [0.25, 0.3) is 0 Å². The van der Waals surface area contributed by atoms with Crippen LogP contribution in [0, 0.1) is 0 Å². The fourth-order valence-corrected chi connectivity index (χ4v) is 2.35. The van der Waals surface area contributed by atoms with Gasteiger partial charge in [-0.3, -0.25) is 4.79 Å². The summed E-state index contributed by atoms with van der Waals surface area (Å²) >= 11 is 0. The minimum Gasteiger partial charge on any atom is -0.465 e. The SMILES string of the molecule is COC(=O)c1c(-c2ccccc2)[nH]c2ccccc2c1=O. The van der Waals surface area contributed by atoms with Gasteiger partial charge in [0, 0.05) is 10.9 Å². The smallest absolute Gasteiger partial charge is 0.344 e. The first-order chi connectivity index (χ1) is 10.2. The molecule has 0 spiro atoms. The van der Waals surface area contributed by atoms with Crippen LogP contribution >= 0.6 is 0 Å². The number of aromatic amines is 1. The number of para-hydroxylation sites is 1. The van der Waals surface area contributed by atoms with Gasteiger partial charge in [0.1, 0.15) is 5.56 Å². The van der Waals surface area contributed by atoms with Crippen LogP contribution in [-0.4, -0.2) is 18.1 Å². The van der Waals surface area contributed by atoms with Crippen LogP contribution in [0.1, 0.15) is 10.4 Å². The Morgan fingerprint density at radius 2 is 1.67 bits per heavy atom. The van der Waals surface area contributed by atoms with E-state index in [1.807, 2.05) is 42.5 Å². The first kappa shape index (κ1) is 13.1. The van der Waals surface area contributed by atoms with Gasteiger partial charge in [-0.2, -0.15) is 0 Å². The van der Waals surface area contributed by atoms with Gasteiger partial charge < -0.3 is 9.72 Å². The molecule has 0 bridgehead atoms. The number of carbonyl (C=O) groups excluding carboxylic acids is 1. The van der Waals surface area contributed by atoms with Crippen molar-refractivity contribution in [3.05, 3.63) is 70.4 Å². The summed E-state index contributed by atoms with van der Waals surface area (Å²) in [5.41, 5.74) is 1.64. The highest BCUT2D eigenvalue weighted by Gasteiger charge is 2.20. The summed E-state index contributed by atoms with van der Waals surface area (Å²) in [5, 5.41) is 0.470. The lowest BCUT2D eigenvalue weighted by Crippen LogP contribution is -2.19. The third-order valence-corrected chi connectivity index (χ3v) is 3.36. The van der Waals surface area contributed by atoms with Gasteiger partial charge in [-0.15, -0.1) is 0 Å². The molecular weight excluding hydrogens is 266 g/mol.